The topological polar surface area (TPSA) is 93.1 Å². The number of carbonyl (C=O) groups is 1. The molecular formula is C20H21FN6O2S. The van der Waals surface area contributed by atoms with E-state index in [1.165, 1.54) is 29.6 Å². The highest BCUT2D eigenvalue weighted by Gasteiger charge is 2.41. The Labute approximate surface area is 177 Å². The van der Waals surface area contributed by atoms with Crippen LogP contribution in [0.25, 0.3) is 10.7 Å². The lowest BCUT2D eigenvalue weighted by Gasteiger charge is -2.41. The van der Waals surface area contributed by atoms with Gasteiger partial charge in [0.2, 0.25) is 6.41 Å². The molecule has 3 aromatic heterocycles. The zero-order valence-corrected chi connectivity index (χ0v) is 17.2. The highest BCUT2D eigenvalue weighted by atomic mass is 32.1. The van der Waals surface area contributed by atoms with Crippen molar-refractivity contribution in [1.82, 2.24) is 25.2 Å². The first kappa shape index (κ1) is 20.3. The maximum Gasteiger partial charge on any atom is 0.233 e. The molecule has 4 rings (SSSR count). The molecule has 0 spiro atoms. The molecule has 0 aliphatic heterocycles. The Balaban J connectivity index is 1.41. The fourth-order valence-electron chi connectivity index (χ4n) is 3.47. The summed E-state index contributed by atoms with van der Waals surface area (Å²) in [5.74, 6) is 0.353. The SMILES string of the molecule is CON(C=O)Cc1cnc(-c2ccc(NCC3(c4ncccc4F)CCC3)nn2)s1. The largest absolute Gasteiger partial charge is 0.368 e. The van der Waals surface area contributed by atoms with Crippen molar-refractivity contribution in [2.45, 2.75) is 31.2 Å². The summed E-state index contributed by atoms with van der Waals surface area (Å²) in [6, 6.07) is 6.73. The molecule has 3 heterocycles. The summed E-state index contributed by atoms with van der Waals surface area (Å²) in [6.07, 6.45) is 6.77. The average molecular weight is 428 g/mol. The zero-order chi connectivity index (χ0) is 21.0. The molecule has 0 unspecified atom stereocenters. The average Bonchev–Trinajstić information content (AvgIpc) is 3.21. The van der Waals surface area contributed by atoms with Gasteiger partial charge < -0.3 is 5.32 Å². The minimum absolute atomic E-state index is 0.262. The van der Waals surface area contributed by atoms with Gasteiger partial charge >= 0.3 is 0 Å². The Hall–Kier alpha value is -2.98. The van der Waals surface area contributed by atoms with E-state index in [9.17, 15) is 9.18 Å². The predicted molar refractivity (Wildman–Crippen MR) is 110 cm³/mol. The summed E-state index contributed by atoms with van der Waals surface area (Å²) in [5, 5.41) is 13.6. The van der Waals surface area contributed by atoms with Crippen LogP contribution in [-0.4, -0.2) is 45.3 Å². The van der Waals surface area contributed by atoms with Crippen molar-refractivity contribution in [3.8, 4) is 10.7 Å². The normalized spacial score (nSPS) is 14.7. The molecule has 10 heteroatoms. The van der Waals surface area contributed by atoms with Crippen molar-refractivity contribution in [3.63, 3.8) is 0 Å². The number of nitrogens with zero attached hydrogens (tertiary/aromatic N) is 5. The minimum Gasteiger partial charge on any atom is -0.368 e. The highest BCUT2D eigenvalue weighted by Crippen LogP contribution is 2.43. The molecule has 1 aliphatic rings. The minimum atomic E-state index is -0.304. The third-order valence-corrected chi connectivity index (χ3v) is 6.28. The number of hydrogen-bond donors (Lipinski definition) is 1. The molecule has 0 bridgehead atoms. The van der Waals surface area contributed by atoms with Crippen LogP contribution in [0.1, 0.15) is 29.8 Å². The maximum absolute atomic E-state index is 14.2. The van der Waals surface area contributed by atoms with Gasteiger partial charge in [-0.15, -0.1) is 21.5 Å². The van der Waals surface area contributed by atoms with E-state index in [4.69, 9.17) is 4.84 Å². The summed E-state index contributed by atoms with van der Waals surface area (Å²) in [6.45, 7) is 0.867. The van der Waals surface area contributed by atoms with E-state index in [1.54, 1.807) is 18.5 Å². The quantitative estimate of drug-likeness (QED) is 0.413. The van der Waals surface area contributed by atoms with Gasteiger partial charge in [0.25, 0.3) is 0 Å². The second kappa shape index (κ2) is 8.80. The number of nitrogens with one attached hydrogen (secondary N) is 1. The molecule has 0 radical (unpaired) electrons. The van der Waals surface area contributed by atoms with Gasteiger partial charge in [0.1, 0.15) is 22.3 Å². The van der Waals surface area contributed by atoms with Crippen LogP contribution in [0.4, 0.5) is 10.2 Å². The first-order valence-electron chi connectivity index (χ1n) is 9.53. The van der Waals surface area contributed by atoms with Gasteiger partial charge in [-0.2, -0.15) is 0 Å². The van der Waals surface area contributed by atoms with Crippen molar-refractivity contribution in [2.75, 3.05) is 19.0 Å². The molecule has 0 atom stereocenters. The van der Waals surface area contributed by atoms with E-state index in [2.05, 4.69) is 25.5 Å². The summed E-state index contributed by atoms with van der Waals surface area (Å²) in [7, 11) is 1.43. The number of aromatic nitrogens is 4. The standard InChI is InChI=1S/C20H21FN6O2S/c1-29-27(13-28)11-14-10-23-19(30-14)16-5-6-17(26-25-16)24-12-20(7-3-8-20)18-15(21)4-2-9-22-18/h2,4-6,9-10,13H,3,7-8,11-12H2,1H3,(H,24,26). The van der Waals surface area contributed by atoms with Crippen molar-refractivity contribution in [3.05, 3.63) is 53.0 Å². The number of hydrogen-bond acceptors (Lipinski definition) is 8. The second-order valence-corrected chi connectivity index (χ2v) is 8.24. The lowest BCUT2D eigenvalue weighted by Crippen LogP contribution is -2.42. The van der Waals surface area contributed by atoms with Gasteiger partial charge in [0.15, 0.2) is 0 Å². The van der Waals surface area contributed by atoms with Gasteiger partial charge in [-0.1, -0.05) is 6.42 Å². The summed E-state index contributed by atoms with van der Waals surface area (Å²) in [5.41, 5.74) is 0.854. The molecule has 8 nitrogen and oxygen atoms in total. The smallest absolute Gasteiger partial charge is 0.233 e. The van der Waals surface area contributed by atoms with Crippen LogP contribution < -0.4 is 5.32 Å². The van der Waals surface area contributed by atoms with Crippen LogP contribution in [0, 0.1) is 5.82 Å². The Kier molecular flexibility index (Phi) is 5.96. The fourth-order valence-corrected chi connectivity index (χ4v) is 4.34. The molecule has 1 fully saturated rings. The lowest BCUT2D eigenvalue weighted by molar-refractivity contribution is -0.163. The van der Waals surface area contributed by atoms with E-state index in [-0.39, 0.29) is 11.2 Å². The molecule has 30 heavy (non-hydrogen) atoms. The van der Waals surface area contributed by atoms with E-state index in [1.807, 2.05) is 12.1 Å². The fraction of sp³-hybridized carbons (Fsp3) is 0.350. The number of anilines is 1. The van der Waals surface area contributed by atoms with Crippen molar-refractivity contribution in [1.29, 1.82) is 0 Å². The van der Waals surface area contributed by atoms with Crippen LogP contribution in [0.5, 0.6) is 0 Å². The summed E-state index contributed by atoms with van der Waals surface area (Å²) < 4.78 is 14.2. The van der Waals surface area contributed by atoms with Gasteiger partial charge in [-0.25, -0.2) is 14.4 Å². The molecule has 1 amide bonds. The molecule has 3 aromatic rings. The molecule has 1 aliphatic carbocycles. The molecule has 1 saturated carbocycles. The monoisotopic (exact) mass is 428 g/mol. The molecule has 0 saturated heterocycles. The number of thiazole rings is 1. The van der Waals surface area contributed by atoms with Crippen LogP contribution in [0.15, 0.2) is 36.7 Å². The summed E-state index contributed by atoms with van der Waals surface area (Å²) >= 11 is 1.42. The number of hydroxylamine groups is 2. The number of rotatable bonds is 9. The number of halogens is 1. The van der Waals surface area contributed by atoms with Crippen LogP contribution in [0.3, 0.4) is 0 Å². The summed E-state index contributed by atoms with van der Waals surface area (Å²) in [4.78, 5) is 25.3. The number of pyridine rings is 1. The number of carbonyl (C=O) groups excluding carboxylic acids is 1. The van der Waals surface area contributed by atoms with Gasteiger partial charge in [0, 0.05) is 29.2 Å². The zero-order valence-electron chi connectivity index (χ0n) is 16.4. The van der Waals surface area contributed by atoms with Gasteiger partial charge in [0.05, 0.1) is 19.3 Å². The lowest BCUT2D eigenvalue weighted by atomic mass is 9.66. The Morgan fingerprint density at radius 3 is 2.80 bits per heavy atom. The van der Waals surface area contributed by atoms with Gasteiger partial charge in [-0.05, 0) is 37.1 Å². The molecule has 0 aromatic carbocycles. The van der Waals surface area contributed by atoms with Crippen LogP contribution in [0.2, 0.25) is 0 Å². The third-order valence-electron chi connectivity index (χ3n) is 5.28. The Morgan fingerprint density at radius 1 is 1.30 bits per heavy atom. The second-order valence-electron chi connectivity index (χ2n) is 7.12. The third kappa shape index (κ3) is 4.14. The van der Waals surface area contributed by atoms with Crippen molar-refractivity contribution < 1.29 is 14.0 Å². The van der Waals surface area contributed by atoms with Crippen molar-refractivity contribution in [2.24, 2.45) is 0 Å². The van der Waals surface area contributed by atoms with E-state index in [0.29, 0.717) is 41.7 Å². The maximum atomic E-state index is 14.2. The van der Waals surface area contributed by atoms with E-state index < -0.39 is 0 Å². The first-order chi connectivity index (χ1) is 14.6. The molecule has 1 N–H and O–H groups in total. The molecular weight excluding hydrogens is 407 g/mol. The Morgan fingerprint density at radius 2 is 2.17 bits per heavy atom. The van der Waals surface area contributed by atoms with E-state index >= 15 is 0 Å². The van der Waals surface area contributed by atoms with Gasteiger partial charge in [-0.3, -0.25) is 14.6 Å². The first-order valence-corrected chi connectivity index (χ1v) is 10.3. The Bertz CT molecular complexity index is 1010. The number of amides is 1. The predicted octanol–water partition coefficient (Wildman–Crippen LogP) is 3.19. The molecule has 156 valence electrons. The van der Waals surface area contributed by atoms with E-state index in [0.717, 1.165) is 24.1 Å². The van der Waals surface area contributed by atoms with Crippen LogP contribution in [-0.2, 0) is 21.6 Å². The van der Waals surface area contributed by atoms with Crippen molar-refractivity contribution >= 4 is 23.6 Å². The highest BCUT2D eigenvalue weighted by molar-refractivity contribution is 7.14. The van der Waals surface area contributed by atoms with Crippen LogP contribution >= 0.6 is 11.3 Å².